The van der Waals surface area contributed by atoms with Crippen molar-refractivity contribution in [2.45, 2.75) is 26.7 Å². The lowest BCUT2D eigenvalue weighted by atomic mass is 10.1. The molecular formula is C15H23N3O4S. The van der Waals surface area contributed by atoms with E-state index in [1.165, 1.54) is 4.90 Å². The molecule has 0 aliphatic rings. The summed E-state index contributed by atoms with van der Waals surface area (Å²) in [6.45, 7) is 4.00. The van der Waals surface area contributed by atoms with E-state index in [1.54, 1.807) is 27.9 Å². The maximum absolute atomic E-state index is 12.2. The van der Waals surface area contributed by atoms with Crippen LogP contribution in [-0.2, 0) is 9.53 Å². The van der Waals surface area contributed by atoms with Crippen molar-refractivity contribution in [1.29, 1.82) is 0 Å². The standard InChI is InChI=1S/C15H23N3O4S/c1-5-22-15(21)11-9(2)12(14(20)18(3)4)23-13(11)17-10(19)7-6-8-16/h5-8,16H2,1-4H3,(H,17,19). The van der Waals surface area contributed by atoms with E-state index in [1.807, 2.05) is 0 Å². The Labute approximate surface area is 139 Å². The number of nitrogens with one attached hydrogen (secondary N) is 1. The van der Waals surface area contributed by atoms with Crippen LogP contribution >= 0.6 is 11.3 Å². The molecule has 8 heteroatoms. The van der Waals surface area contributed by atoms with E-state index in [0.29, 0.717) is 28.4 Å². The maximum atomic E-state index is 12.2. The smallest absolute Gasteiger partial charge is 0.341 e. The predicted molar refractivity (Wildman–Crippen MR) is 89.9 cm³/mol. The summed E-state index contributed by atoms with van der Waals surface area (Å²) in [6, 6.07) is 0. The van der Waals surface area contributed by atoms with E-state index in [9.17, 15) is 14.4 Å². The molecule has 1 aromatic rings. The number of nitrogens with zero attached hydrogens (tertiary/aromatic N) is 1. The zero-order valence-corrected chi connectivity index (χ0v) is 14.7. The first-order valence-corrected chi connectivity index (χ1v) is 8.17. The average Bonchev–Trinajstić information content (AvgIpc) is 2.80. The average molecular weight is 341 g/mol. The van der Waals surface area contributed by atoms with Crippen LogP contribution in [0.2, 0.25) is 0 Å². The number of hydrogen-bond donors (Lipinski definition) is 2. The number of ether oxygens (including phenoxy) is 1. The maximum Gasteiger partial charge on any atom is 0.341 e. The molecule has 0 aromatic carbocycles. The molecule has 1 heterocycles. The summed E-state index contributed by atoms with van der Waals surface area (Å²) in [5.74, 6) is -1.01. The number of anilines is 1. The van der Waals surface area contributed by atoms with Crippen LogP contribution in [0.1, 0.15) is 45.4 Å². The molecular weight excluding hydrogens is 318 g/mol. The SMILES string of the molecule is CCOC(=O)c1c(NC(=O)CCCN)sc(C(=O)N(C)C)c1C. The Morgan fingerprint density at radius 1 is 1.30 bits per heavy atom. The van der Waals surface area contributed by atoms with Crippen molar-refractivity contribution in [3.63, 3.8) is 0 Å². The third-order valence-corrected chi connectivity index (χ3v) is 4.28. The summed E-state index contributed by atoms with van der Waals surface area (Å²) in [4.78, 5) is 38.2. The van der Waals surface area contributed by atoms with Gasteiger partial charge < -0.3 is 20.7 Å². The Balaban J connectivity index is 3.20. The molecule has 0 aliphatic carbocycles. The molecule has 2 amide bonds. The molecule has 0 radical (unpaired) electrons. The number of hydrogen-bond acceptors (Lipinski definition) is 6. The van der Waals surface area contributed by atoms with E-state index < -0.39 is 5.97 Å². The van der Waals surface area contributed by atoms with Crippen LogP contribution in [-0.4, -0.2) is 49.9 Å². The van der Waals surface area contributed by atoms with Crippen molar-refractivity contribution < 1.29 is 19.1 Å². The van der Waals surface area contributed by atoms with Crippen molar-refractivity contribution in [1.82, 2.24) is 4.90 Å². The molecule has 0 atom stereocenters. The summed E-state index contributed by atoms with van der Waals surface area (Å²) in [5.41, 5.74) is 6.14. The van der Waals surface area contributed by atoms with Gasteiger partial charge >= 0.3 is 5.97 Å². The van der Waals surface area contributed by atoms with Crippen molar-refractivity contribution in [3.05, 3.63) is 16.0 Å². The number of nitrogens with two attached hydrogens (primary N) is 1. The number of rotatable bonds is 7. The molecule has 1 aromatic heterocycles. The third-order valence-electron chi connectivity index (χ3n) is 3.09. The van der Waals surface area contributed by atoms with Crippen molar-refractivity contribution in [2.24, 2.45) is 5.73 Å². The van der Waals surface area contributed by atoms with Gasteiger partial charge in [-0.25, -0.2) is 4.79 Å². The second-order valence-corrected chi connectivity index (χ2v) is 6.14. The summed E-state index contributed by atoms with van der Waals surface area (Å²) < 4.78 is 5.04. The lowest BCUT2D eigenvalue weighted by Gasteiger charge is -2.09. The van der Waals surface area contributed by atoms with Gasteiger partial charge in [0.25, 0.3) is 5.91 Å². The van der Waals surface area contributed by atoms with Crippen molar-refractivity contribution >= 4 is 34.1 Å². The van der Waals surface area contributed by atoms with Gasteiger partial charge in [-0.2, -0.15) is 0 Å². The zero-order valence-electron chi connectivity index (χ0n) is 13.9. The number of amides is 2. The highest BCUT2D eigenvalue weighted by Crippen LogP contribution is 2.34. The van der Waals surface area contributed by atoms with E-state index in [0.717, 1.165) is 11.3 Å². The second kappa shape index (κ2) is 8.64. The highest BCUT2D eigenvalue weighted by Gasteiger charge is 2.27. The quantitative estimate of drug-likeness (QED) is 0.734. The van der Waals surface area contributed by atoms with Gasteiger partial charge in [0.2, 0.25) is 5.91 Å². The van der Waals surface area contributed by atoms with Crippen LogP contribution in [0, 0.1) is 6.92 Å². The van der Waals surface area contributed by atoms with Crippen molar-refractivity contribution in [3.8, 4) is 0 Å². The summed E-state index contributed by atoms with van der Waals surface area (Å²) in [7, 11) is 3.26. The van der Waals surface area contributed by atoms with Gasteiger partial charge in [0.05, 0.1) is 17.0 Å². The monoisotopic (exact) mass is 341 g/mol. The summed E-state index contributed by atoms with van der Waals surface area (Å²) >= 11 is 1.08. The number of carbonyl (C=O) groups is 3. The molecule has 0 bridgehead atoms. The van der Waals surface area contributed by atoms with Gasteiger partial charge in [-0.05, 0) is 32.4 Å². The van der Waals surface area contributed by atoms with E-state index >= 15 is 0 Å². The van der Waals surface area contributed by atoms with Gasteiger partial charge in [-0.1, -0.05) is 0 Å². The molecule has 0 saturated carbocycles. The molecule has 0 unspecified atom stereocenters. The molecule has 0 aliphatic heterocycles. The highest BCUT2D eigenvalue weighted by atomic mass is 32.1. The van der Waals surface area contributed by atoms with Gasteiger partial charge in [0, 0.05) is 20.5 Å². The molecule has 23 heavy (non-hydrogen) atoms. The fourth-order valence-electron chi connectivity index (χ4n) is 1.91. The van der Waals surface area contributed by atoms with Crippen LogP contribution in [0.5, 0.6) is 0 Å². The van der Waals surface area contributed by atoms with Crippen molar-refractivity contribution in [2.75, 3.05) is 32.6 Å². The van der Waals surface area contributed by atoms with Crippen LogP contribution in [0.3, 0.4) is 0 Å². The Morgan fingerprint density at radius 3 is 2.48 bits per heavy atom. The van der Waals surface area contributed by atoms with Crippen LogP contribution in [0.4, 0.5) is 5.00 Å². The minimum Gasteiger partial charge on any atom is -0.462 e. The van der Waals surface area contributed by atoms with Crippen LogP contribution in [0.25, 0.3) is 0 Å². The molecule has 3 N–H and O–H groups in total. The van der Waals surface area contributed by atoms with Crippen LogP contribution < -0.4 is 11.1 Å². The first kappa shape index (κ1) is 19.1. The minimum absolute atomic E-state index is 0.214. The number of thiophene rings is 1. The van der Waals surface area contributed by atoms with E-state index in [2.05, 4.69) is 5.32 Å². The van der Waals surface area contributed by atoms with Gasteiger partial charge in [0.1, 0.15) is 5.00 Å². The highest BCUT2D eigenvalue weighted by molar-refractivity contribution is 7.18. The predicted octanol–water partition coefficient (Wildman–Crippen LogP) is 1.61. The topological polar surface area (TPSA) is 102 Å². The molecule has 1 rings (SSSR count). The van der Waals surface area contributed by atoms with Crippen LogP contribution in [0.15, 0.2) is 0 Å². The lowest BCUT2D eigenvalue weighted by Crippen LogP contribution is -2.21. The largest absolute Gasteiger partial charge is 0.462 e. The molecule has 0 fully saturated rings. The van der Waals surface area contributed by atoms with Gasteiger partial charge in [0.15, 0.2) is 0 Å². The Morgan fingerprint density at radius 2 is 1.96 bits per heavy atom. The second-order valence-electron chi connectivity index (χ2n) is 5.12. The van der Waals surface area contributed by atoms with E-state index in [4.69, 9.17) is 10.5 Å². The number of carbonyl (C=O) groups excluding carboxylic acids is 3. The first-order valence-electron chi connectivity index (χ1n) is 7.35. The molecule has 0 saturated heterocycles. The fourth-order valence-corrected chi connectivity index (χ4v) is 3.14. The third kappa shape index (κ3) is 4.77. The Hall–Kier alpha value is -1.93. The van der Waals surface area contributed by atoms with Gasteiger partial charge in [-0.15, -0.1) is 11.3 Å². The Kier molecular flexibility index (Phi) is 7.18. The summed E-state index contributed by atoms with van der Waals surface area (Å²) in [6.07, 6.45) is 0.807. The molecule has 7 nitrogen and oxygen atoms in total. The zero-order chi connectivity index (χ0) is 17.6. The molecule has 128 valence electrons. The van der Waals surface area contributed by atoms with Gasteiger partial charge in [-0.3, -0.25) is 9.59 Å². The fraction of sp³-hybridized carbons (Fsp3) is 0.533. The summed E-state index contributed by atoms with van der Waals surface area (Å²) in [5, 5.41) is 3.03. The number of esters is 1. The normalized spacial score (nSPS) is 10.3. The minimum atomic E-state index is -0.548. The van der Waals surface area contributed by atoms with E-state index in [-0.39, 0.29) is 30.4 Å². The molecule has 0 spiro atoms. The first-order chi connectivity index (χ1) is 10.8. The lowest BCUT2D eigenvalue weighted by molar-refractivity contribution is -0.116. The Bertz CT molecular complexity index is 596.